The molecule has 0 radical (unpaired) electrons. The maximum Gasteiger partial charge on any atom is 0.144 e. The van der Waals surface area contributed by atoms with Gasteiger partial charge >= 0.3 is 0 Å². The van der Waals surface area contributed by atoms with Crippen molar-refractivity contribution in [3.8, 4) is 45.3 Å². The molecule has 14 heteroatoms. The highest BCUT2D eigenvalue weighted by Crippen LogP contribution is 2.43. The highest BCUT2D eigenvalue weighted by atomic mass is 79.9. The number of halogens is 3. The maximum absolute atomic E-state index is 5.69. The minimum atomic E-state index is 0.612. The zero-order valence-corrected chi connectivity index (χ0v) is 35.0. The van der Waals surface area contributed by atoms with Gasteiger partial charge in [0.15, 0.2) is 0 Å². The minimum absolute atomic E-state index is 0.612. The fourth-order valence-corrected chi connectivity index (χ4v) is 7.85. The predicted octanol–water partition coefficient (Wildman–Crippen LogP) is 12.5. The van der Waals surface area contributed by atoms with Crippen LogP contribution >= 0.6 is 83.1 Å². The van der Waals surface area contributed by atoms with Crippen LogP contribution in [-0.2, 0) is 0 Å². The van der Waals surface area contributed by atoms with Crippen LogP contribution in [0.15, 0.2) is 109 Å². The van der Waals surface area contributed by atoms with Crippen LogP contribution < -0.4 is 9.47 Å². The Balaban J connectivity index is 0.000000166. The molecule has 0 atom stereocenters. The van der Waals surface area contributed by atoms with E-state index in [1.807, 2.05) is 68.8 Å². The van der Waals surface area contributed by atoms with Gasteiger partial charge in [0.1, 0.15) is 46.9 Å². The van der Waals surface area contributed by atoms with E-state index in [4.69, 9.17) is 23.0 Å². The van der Waals surface area contributed by atoms with Crippen molar-refractivity contribution in [3.05, 3.63) is 91.9 Å². The number of ether oxygens (including phenoxy) is 2. The van der Waals surface area contributed by atoms with Gasteiger partial charge in [-0.15, -0.1) is 35.3 Å². The quantitative estimate of drug-likeness (QED) is 0.130. The molecule has 3 heterocycles. The number of rotatable bonds is 9. The molecule has 0 fully saturated rings. The van der Waals surface area contributed by atoms with Gasteiger partial charge in [0.2, 0.25) is 0 Å². The standard InChI is InChI=1S/C12H12BrNO2S.C12H12BrNOS.C11H10BrNO2S/c1-3-15-12-8(13)4-5-10(17-2)11(12)9-6-7-16-14-9;1-7-6-10(14-15-7)12-8(2)9(13)4-5-11(12)16-3;1-14-11-7(12)3-4-9(16-2)10(11)8-5-6-15-13-8/h4-7H,3H2,1-2H3;4-6H,1-3H3;3-6H,1-2H3. The summed E-state index contributed by atoms with van der Waals surface area (Å²) in [7, 11) is 1.65. The smallest absolute Gasteiger partial charge is 0.144 e. The van der Waals surface area contributed by atoms with Gasteiger partial charge < -0.3 is 23.0 Å². The summed E-state index contributed by atoms with van der Waals surface area (Å²) < 4.78 is 29.0. The van der Waals surface area contributed by atoms with Crippen LogP contribution in [0.25, 0.3) is 33.8 Å². The van der Waals surface area contributed by atoms with Crippen molar-refractivity contribution in [3.63, 3.8) is 0 Å². The number of aromatic nitrogens is 3. The Labute approximate surface area is 324 Å². The molecule has 49 heavy (non-hydrogen) atoms. The molecule has 0 saturated heterocycles. The van der Waals surface area contributed by atoms with Crippen molar-refractivity contribution in [2.45, 2.75) is 35.5 Å². The minimum Gasteiger partial charge on any atom is -0.495 e. The molecule has 3 aromatic carbocycles. The Bertz CT molecular complexity index is 1950. The van der Waals surface area contributed by atoms with Gasteiger partial charge in [-0.1, -0.05) is 31.4 Å². The number of hydrogen-bond acceptors (Lipinski definition) is 11. The Kier molecular flexibility index (Phi) is 15.3. The molecule has 6 rings (SSSR count). The Morgan fingerprint density at radius 2 is 1.12 bits per heavy atom. The highest BCUT2D eigenvalue weighted by Gasteiger charge is 2.18. The zero-order valence-electron chi connectivity index (χ0n) is 27.8. The number of hydrogen-bond donors (Lipinski definition) is 0. The molecule has 8 nitrogen and oxygen atoms in total. The van der Waals surface area contributed by atoms with E-state index in [1.165, 1.54) is 10.5 Å². The van der Waals surface area contributed by atoms with E-state index in [2.05, 4.69) is 88.6 Å². The van der Waals surface area contributed by atoms with E-state index in [0.717, 1.165) is 74.2 Å². The van der Waals surface area contributed by atoms with Crippen molar-refractivity contribution in [2.75, 3.05) is 32.5 Å². The van der Waals surface area contributed by atoms with Crippen LogP contribution in [0.4, 0.5) is 0 Å². The van der Waals surface area contributed by atoms with Crippen LogP contribution in [0.5, 0.6) is 11.5 Å². The summed E-state index contributed by atoms with van der Waals surface area (Å²) in [5, 5.41) is 12.0. The largest absolute Gasteiger partial charge is 0.495 e. The van der Waals surface area contributed by atoms with Crippen molar-refractivity contribution in [1.29, 1.82) is 0 Å². The second kappa shape index (κ2) is 19.1. The van der Waals surface area contributed by atoms with Crippen LogP contribution in [0.1, 0.15) is 18.2 Å². The Hall–Kier alpha value is -2.62. The lowest BCUT2D eigenvalue weighted by Crippen LogP contribution is -1.97. The summed E-state index contributed by atoms with van der Waals surface area (Å²) in [6, 6.07) is 17.8. The molecule has 0 saturated carbocycles. The second-order valence-corrected chi connectivity index (χ2v) is 15.0. The first-order valence-electron chi connectivity index (χ1n) is 14.7. The van der Waals surface area contributed by atoms with E-state index in [1.54, 1.807) is 54.9 Å². The molecule has 0 amide bonds. The third kappa shape index (κ3) is 9.59. The number of methoxy groups -OCH3 is 1. The second-order valence-electron chi connectivity index (χ2n) is 9.89. The van der Waals surface area contributed by atoms with Gasteiger partial charge in [0.25, 0.3) is 0 Å². The monoisotopic (exact) mass is 909 g/mol. The molecule has 0 aliphatic heterocycles. The summed E-state index contributed by atoms with van der Waals surface area (Å²) in [6.07, 6.45) is 9.24. The topological polar surface area (TPSA) is 96.6 Å². The van der Waals surface area contributed by atoms with Crippen molar-refractivity contribution < 1.29 is 23.0 Å². The average Bonchev–Trinajstić information content (AvgIpc) is 3.92. The summed E-state index contributed by atoms with van der Waals surface area (Å²) in [5.41, 5.74) is 6.75. The average molecular weight is 913 g/mol. The highest BCUT2D eigenvalue weighted by molar-refractivity contribution is 9.11. The van der Waals surface area contributed by atoms with Gasteiger partial charge in [0, 0.05) is 42.9 Å². The fraction of sp³-hybridized carbons (Fsp3) is 0.229. The number of benzene rings is 3. The predicted molar refractivity (Wildman–Crippen MR) is 211 cm³/mol. The molecule has 0 aliphatic carbocycles. The third-order valence-electron chi connectivity index (χ3n) is 6.93. The summed E-state index contributed by atoms with van der Waals surface area (Å²) in [6.45, 7) is 6.57. The number of nitrogens with zero attached hydrogens (tertiary/aromatic N) is 3. The molecule has 0 spiro atoms. The molecule has 0 aliphatic rings. The first kappa shape index (κ1) is 39.2. The van der Waals surface area contributed by atoms with Gasteiger partial charge in [-0.25, -0.2) is 0 Å². The summed E-state index contributed by atoms with van der Waals surface area (Å²) in [5.74, 6) is 2.43. The lowest BCUT2D eigenvalue weighted by Gasteiger charge is -2.13. The normalized spacial score (nSPS) is 10.6. The summed E-state index contributed by atoms with van der Waals surface area (Å²) >= 11 is 15.5. The first-order valence-corrected chi connectivity index (χ1v) is 20.7. The van der Waals surface area contributed by atoms with Crippen molar-refractivity contribution in [1.82, 2.24) is 15.5 Å². The Morgan fingerprint density at radius 3 is 1.55 bits per heavy atom. The van der Waals surface area contributed by atoms with Crippen molar-refractivity contribution in [2.24, 2.45) is 0 Å². The molecule has 0 bridgehead atoms. The zero-order chi connectivity index (χ0) is 35.5. The maximum atomic E-state index is 5.69. The van der Waals surface area contributed by atoms with Gasteiger partial charge in [-0.05, 0) is 113 Å². The molecule has 258 valence electrons. The molecule has 0 unspecified atom stereocenters. The van der Waals surface area contributed by atoms with Crippen LogP contribution in [0.3, 0.4) is 0 Å². The van der Waals surface area contributed by atoms with Gasteiger partial charge in [0.05, 0.1) is 33.8 Å². The number of aryl methyl sites for hydroxylation is 1. The van der Waals surface area contributed by atoms with E-state index in [-0.39, 0.29) is 0 Å². The summed E-state index contributed by atoms with van der Waals surface area (Å²) in [4.78, 5) is 3.44. The van der Waals surface area contributed by atoms with Gasteiger partial charge in [-0.3, -0.25) is 0 Å². The van der Waals surface area contributed by atoms with Gasteiger partial charge in [-0.2, -0.15) is 0 Å². The first-order chi connectivity index (χ1) is 23.7. The van der Waals surface area contributed by atoms with E-state index in [9.17, 15) is 0 Å². The molecule has 6 aromatic rings. The fourth-order valence-electron chi connectivity index (χ4n) is 4.71. The number of thioether (sulfide) groups is 3. The lowest BCUT2D eigenvalue weighted by molar-refractivity contribution is 0.338. The SMILES string of the molecule is CCOc1c(Br)ccc(SC)c1-c1ccon1.COc1c(Br)ccc(SC)c1-c1ccon1.CSc1ccc(Br)c(C)c1-c1cc(C)on1. The lowest BCUT2D eigenvalue weighted by atomic mass is 10.1. The van der Waals surface area contributed by atoms with Crippen molar-refractivity contribution >= 4 is 83.1 Å². The van der Waals surface area contributed by atoms with Crippen LogP contribution in [-0.4, -0.2) is 48.0 Å². The van der Waals surface area contributed by atoms with E-state index < -0.39 is 0 Å². The van der Waals surface area contributed by atoms with Crippen LogP contribution in [0, 0.1) is 13.8 Å². The third-order valence-corrected chi connectivity index (χ3v) is 11.4. The molecule has 3 aromatic heterocycles. The van der Waals surface area contributed by atoms with E-state index >= 15 is 0 Å². The Morgan fingerprint density at radius 1 is 0.633 bits per heavy atom. The molecule has 0 N–H and O–H groups in total. The van der Waals surface area contributed by atoms with Crippen LogP contribution in [0.2, 0.25) is 0 Å². The molecular weight excluding hydrogens is 878 g/mol. The molecular formula is C35H34Br3N3O5S3. The van der Waals surface area contributed by atoms with E-state index in [0.29, 0.717) is 6.61 Å².